The molecule has 6 heteroatoms. The molecule has 136 valence electrons. The Bertz CT molecular complexity index is 1060. The van der Waals surface area contributed by atoms with Gasteiger partial charge in [-0.1, -0.05) is 44.2 Å². The number of para-hydroxylation sites is 1. The van der Waals surface area contributed by atoms with Crippen LogP contribution in [0.4, 0.5) is 11.5 Å². The molecule has 6 nitrogen and oxygen atoms in total. The summed E-state index contributed by atoms with van der Waals surface area (Å²) in [6, 6.07) is 16.7. The van der Waals surface area contributed by atoms with Crippen LogP contribution in [0.15, 0.2) is 73.2 Å². The molecule has 1 amide bonds. The zero-order valence-corrected chi connectivity index (χ0v) is 15.3. The molecule has 0 aliphatic heterocycles. The van der Waals surface area contributed by atoms with Crippen LogP contribution < -0.4 is 11.1 Å². The first-order valence-electron chi connectivity index (χ1n) is 8.77. The van der Waals surface area contributed by atoms with Gasteiger partial charge in [0.25, 0.3) is 5.91 Å². The number of nitrogens with one attached hydrogen (secondary N) is 1. The normalized spacial score (nSPS) is 10.1. The third kappa shape index (κ3) is 3.79. The van der Waals surface area contributed by atoms with Crippen LogP contribution >= 0.6 is 0 Å². The fraction of sp³-hybridized carbons (Fsp3) is 0.0952. The summed E-state index contributed by atoms with van der Waals surface area (Å²) >= 11 is 0. The van der Waals surface area contributed by atoms with E-state index in [1.54, 1.807) is 18.5 Å². The number of nitrogen functional groups attached to an aromatic ring is 1. The summed E-state index contributed by atoms with van der Waals surface area (Å²) in [6.07, 6.45) is 5.17. The van der Waals surface area contributed by atoms with Crippen molar-refractivity contribution >= 4 is 23.1 Å². The zero-order chi connectivity index (χ0) is 19.2. The van der Waals surface area contributed by atoms with Gasteiger partial charge >= 0.3 is 0 Å². The Kier molecular flexibility index (Phi) is 5.47. The van der Waals surface area contributed by atoms with E-state index in [0.29, 0.717) is 17.0 Å². The Hall–Kier alpha value is -3.67. The largest absolute Gasteiger partial charge is 0.381 e. The summed E-state index contributed by atoms with van der Waals surface area (Å²) in [5, 5.41) is 2.88. The van der Waals surface area contributed by atoms with E-state index in [4.69, 9.17) is 5.73 Å². The number of rotatable bonds is 3. The van der Waals surface area contributed by atoms with Crippen LogP contribution in [0.2, 0.25) is 0 Å². The van der Waals surface area contributed by atoms with E-state index in [-0.39, 0.29) is 5.91 Å². The van der Waals surface area contributed by atoms with Crippen molar-refractivity contribution in [1.82, 2.24) is 14.4 Å². The molecule has 0 fully saturated rings. The van der Waals surface area contributed by atoms with E-state index < -0.39 is 0 Å². The van der Waals surface area contributed by atoms with E-state index in [9.17, 15) is 4.79 Å². The van der Waals surface area contributed by atoms with Gasteiger partial charge in [0, 0.05) is 29.2 Å². The maximum atomic E-state index is 12.5. The van der Waals surface area contributed by atoms with Gasteiger partial charge in [0.15, 0.2) is 11.5 Å². The van der Waals surface area contributed by atoms with Gasteiger partial charge in [-0.25, -0.2) is 9.97 Å². The first-order valence-corrected chi connectivity index (χ1v) is 8.77. The lowest BCUT2D eigenvalue weighted by molar-refractivity contribution is 0.102. The monoisotopic (exact) mass is 359 g/mol. The number of fused-ring (bicyclic) bond motifs is 1. The quantitative estimate of drug-likeness (QED) is 0.572. The zero-order valence-electron chi connectivity index (χ0n) is 15.3. The summed E-state index contributed by atoms with van der Waals surface area (Å²) in [6.45, 7) is 4.00. The molecule has 0 saturated heterocycles. The van der Waals surface area contributed by atoms with Gasteiger partial charge in [-0.15, -0.1) is 0 Å². The minimum atomic E-state index is -0.168. The van der Waals surface area contributed by atoms with Gasteiger partial charge in [0.2, 0.25) is 0 Å². The number of aromatic nitrogens is 3. The van der Waals surface area contributed by atoms with Crippen molar-refractivity contribution in [3.63, 3.8) is 0 Å². The number of carbonyl (C=O) groups is 1. The van der Waals surface area contributed by atoms with Gasteiger partial charge in [0.05, 0.1) is 11.9 Å². The fourth-order valence-corrected chi connectivity index (χ4v) is 2.70. The highest BCUT2D eigenvalue weighted by atomic mass is 16.1. The highest BCUT2D eigenvalue weighted by Crippen LogP contribution is 2.23. The van der Waals surface area contributed by atoms with E-state index in [0.717, 1.165) is 16.9 Å². The predicted molar refractivity (Wildman–Crippen MR) is 109 cm³/mol. The number of carbonyl (C=O) groups excluding carboxylic acids is 1. The molecule has 0 atom stereocenters. The highest BCUT2D eigenvalue weighted by Gasteiger charge is 2.11. The Morgan fingerprint density at radius 1 is 1.04 bits per heavy atom. The molecule has 0 aliphatic carbocycles. The molecule has 4 aromatic rings. The number of nitrogens with zero attached hydrogens (tertiary/aromatic N) is 3. The number of hydrogen-bond donors (Lipinski definition) is 2. The minimum absolute atomic E-state index is 0.168. The number of imidazole rings is 1. The molecule has 0 radical (unpaired) electrons. The average Bonchev–Trinajstić information content (AvgIpc) is 3.21. The first kappa shape index (κ1) is 18.1. The summed E-state index contributed by atoms with van der Waals surface area (Å²) in [5.41, 5.74) is 9.44. The maximum absolute atomic E-state index is 12.5. The molecular weight excluding hydrogens is 338 g/mol. The Morgan fingerprint density at radius 2 is 1.81 bits per heavy atom. The number of anilines is 2. The summed E-state index contributed by atoms with van der Waals surface area (Å²) in [5.74, 6) is 0.199. The van der Waals surface area contributed by atoms with E-state index in [1.807, 2.05) is 73.0 Å². The lowest BCUT2D eigenvalue weighted by Gasteiger charge is -2.09. The van der Waals surface area contributed by atoms with Gasteiger partial charge in [-0.2, -0.15) is 0 Å². The molecule has 4 rings (SSSR count). The molecule has 0 spiro atoms. The van der Waals surface area contributed by atoms with Crippen LogP contribution in [0.25, 0.3) is 16.9 Å². The molecular formula is C21H21N5O. The third-order valence-corrected chi connectivity index (χ3v) is 3.91. The van der Waals surface area contributed by atoms with Gasteiger partial charge in [-0.3, -0.25) is 9.20 Å². The molecule has 2 aromatic heterocycles. The van der Waals surface area contributed by atoms with Crippen LogP contribution in [0, 0.1) is 0 Å². The molecule has 2 aromatic carbocycles. The number of benzene rings is 2. The smallest absolute Gasteiger partial charge is 0.255 e. The minimum Gasteiger partial charge on any atom is -0.381 e. The standard InChI is InChI=1S/C19H15N5O.C2H6/c20-17-18-21-9-10-24(18)16(12-22-17)13-5-4-6-14(11-13)19(25)23-15-7-2-1-3-8-15;1-2/h1-12H,(H2,20,22)(H,23,25);1-2H3. The summed E-state index contributed by atoms with van der Waals surface area (Å²) in [7, 11) is 0. The molecule has 0 aliphatic rings. The van der Waals surface area contributed by atoms with Gasteiger partial charge < -0.3 is 11.1 Å². The van der Waals surface area contributed by atoms with Crippen molar-refractivity contribution in [2.75, 3.05) is 11.1 Å². The topological polar surface area (TPSA) is 85.3 Å². The lowest BCUT2D eigenvalue weighted by Crippen LogP contribution is -2.11. The third-order valence-electron chi connectivity index (χ3n) is 3.91. The molecule has 2 heterocycles. The van der Waals surface area contributed by atoms with Crippen LogP contribution in [0.3, 0.4) is 0 Å². The van der Waals surface area contributed by atoms with Crippen molar-refractivity contribution in [1.29, 1.82) is 0 Å². The molecule has 0 bridgehead atoms. The van der Waals surface area contributed by atoms with Crippen molar-refractivity contribution in [2.24, 2.45) is 0 Å². The second kappa shape index (κ2) is 8.14. The Morgan fingerprint density at radius 3 is 2.59 bits per heavy atom. The lowest BCUT2D eigenvalue weighted by atomic mass is 10.1. The van der Waals surface area contributed by atoms with Crippen LogP contribution in [0.1, 0.15) is 24.2 Å². The molecule has 3 N–H and O–H groups in total. The number of amides is 1. The van der Waals surface area contributed by atoms with Crippen LogP contribution in [-0.2, 0) is 0 Å². The van der Waals surface area contributed by atoms with Crippen molar-refractivity contribution in [2.45, 2.75) is 13.8 Å². The van der Waals surface area contributed by atoms with E-state index >= 15 is 0 Å². The van der Waals surface area contributed by atoms with E-state index in [1.165, 1.54) is 0 Å². The molecule has 0 saturated carbocycles. The average molecular weight is 359 g/mol. The predicted octanol–water partition coefficient (Wildman–Crippen LogP) is 4.26. The number of hydrogen-bond acceptors (Lipinski definition) is 4. The van der Waals surface area contributed by atoms with Gasteiger partial charge in [0.1, 0.15) is 0 Å². The van der Waals surface area contributed by atoms with Gasteiger partial charge in [-0.05, 0) is 24.3 Å². The Balaban J connectivity index is 0.00000102. The molecule has 0 unspecified atom stereocenters. The number of nitrogens with two attached hydrogens (primary N) is 1. The van der Waals surface area contributed by atoms with Crippen LogP contribution in [-0.4, -0.2) is 20.3 Å². The van der Waals surface area contributed by atoms with E-state index in [2.05, 4.69) is 15.3 Å². The van der Waals surface area contributed by atoms with Crippen LogP contribution in [0.5, 0.6) is 0 Å². The maximum Gasteiger partial charge on any atom is 0.255 e. The van der Waals surface area contributed by atoms with Crippen molar-refractivity contribution in [3.05, 3.63) is 78.8 Å². The highest BCUT2D eigenvalue weighted by molar-refractivity contribution is 6.04. The molecule has 27 heavy (non-hydrogen) atoms. The van der Waals surface area contributed by atoms with Crippen molar-refractivity contribution in [3.8, 4) is 11.3 Å². The Labute approximate surface area is 157 Å². The SMILES string of the molecule is CC.Nc1ncc(-c2cccc(C(=O)Nc3ccccc3)c2)n2ccnc12. The summed E-state index contributed by atoms with van der Waals surface area (Å²) < 4.78 is 1.86. The first-order chi connectivity index (χ1) is 13.2. The second-order valence-electron chi connectivity index (χ2n) is 5.55. The fourth-order valence-electron chi connectivity index (χ4n) is 2.70. The van der Waals surface area contributed by atoms with Crippen molar-refractivity contribution < 1.29 is 4.79 Å². The summed E-state index contributed by atoms with van der Waals surface area (Å²) in [4.78, 5) is 20.9. The second-order valence-corrected chi connectivity index (χ2v) is 5.55.